The van der Waals surface area contributed by atoms with E-state index in [4.69, 9.17) is 9.47 Å². The third-order valence-corrected chi connectivity index (χ3v) is 4.76. The zero-order chi connectivity index (χ0) is 15.1. The summed E-state index contributed by atoms with van der Waals surface area (Å²) < 4.78 is 10.8. The number of rotatable bonds is 3. The van der Waals surface area contributed by atoms with Gasteiger partial charge in [0.15, 0.2) is 0 Å². The number of alkyl halides is 1. The Morgan fingerprint density at radius 1 is 1.38 bits per heavy atom. The van der Waals surface area contributed by atoms with Crippen molar-refractivity contribution >= 4 is 21.9 Å². The fourth-order valence-electron chi connectivity index (χ4n) is 2.74. The van der Waals surface area contributed by atoms with Gasteiger partial charge in [-0.05, 0) is 49.7 Å². The fourth-order valence-corrected chi connectivity index (χ4v) is 3.34. The molecule has 2 rings (SSSR count). The highest BCUT2D eigenvalue weighted by Crippen LogP contribution is 2.31. The van der Waals surface area contributed by atoms with Crippen LogP contribution in [0.25, 0.3) is 0 Å². The monoisotopic (exact) mass is 354 g/mol. The number of hydrogen-bond acceptors (Lipinski definition) is 3. The number of methoxy groups -OCH3 is 1. The van der Waals surface area contributed by atoms with E-state index < -0.39 is 4.83 Å². The first kappa shape index (κ1) is 16.5. The van der Waals surface area contributed by atoms with Gasteiger partial charge in [0, 0.05) is 6.61 Å². The molecule has 0 spiro atoms. The van der Waals surface area contributed by atoms with Crippen LogP contribution in [0, 0.1) is 0 Å². The fraction of sp³-hybridized carbons (Fsp3) is 0.588. The summed E-state index contributed by atoms with van der Waals surface area (Å²) in [5.74, 6) is -0.268. The van der Waals surface area contributed by atoms with Crippen molar-refractivity contribution in [2.24, 2.45) is 0 Å². The minimum Gasteiger partial charge on any atom is -0.468 e. The summed E-state index contributed by atoms with van der Waals surface area (Å²) in [5.41, 5.74) is 2.11. The van der Waals surface area contributed by atoms with Crippen molar-refractivity contribution < 1.29 is 14.3 Å². The Kier molecular flexibility index (Phi) is 6.71. The number of carbonyl (C=O) groups excluding carboxylic acids is 1. The molecule has 0 amide bonds. The Morgan fingerprint density at radius 3 is 2.95 bits per heavy atom. The zero-order valence-corrected chi connectivity index (χ0v) is 14.1. The highest BCUT2D eigenvalue weighted by molar-refractivity contribution is 9.10. The van der Waals surface area contributed by atoms with Crippen molar-refractivity contribution in [1.82, 2.24) is 0 Å². The Balaban J connectivity index is 2.30. The lowest BCUT2D eigenvalue weighted by atomic mass is 9.91. The normalized spacial score (nSPS) is 31.4. The second kappa shape index (κ2) is 8.54. The summed E-state index contributed by atoms with van der Waals surface area (Å²) in [5, 5.41) is 0. The van der Waals surface area contributed by atoms with Gasteiger partial charge in [-0.25, -0.2) is 0 Å². The van der Waals surface area contributed by atoms with E-state index in [9.17, 15) is 4.79 Å². The van der Waals surface area contributed by atoms with Crippen LogP contribution in [-0.4, -0.2) is 30.6 Å². The Bertz CT molecular complexity index is 445. The van der Waals surface area contributed by atoms with Crippen molar-refractivity contribution in [3.8, 4) is 0 Å². The summed E-state index contributed by atoms with van der Waals surface area (Å²) in [6.07, 6.45) is 15.1. The minimum atomic E-state index is -0.443. The highest BCUT2D eigenvalue weighted by Gasteiger charge is 2.28. The van der Waals surface area contributed by atoms with Gasteiger partial charge in [-0.15, -0.1) is 0 Å². The molecular formula is C17H23BrO3. The molecule has 21 heavy (non-hydrogen) atoms. The van der Waals surface area contributed by atoms with Crippen molar-refractivity contribution in [3.63, 3.8) is 0 Å². The molecule has 1 heterocycles. The topological polar surface area (TPSA) is 35.5 Å². The number of allylic oxidation sites excluding steroid dienone is 4. The lowest BCUT2D eigenvalue weighted by Crippen LogP contribution is -2.27. The first-order valence-corrected chi connectivity index (χ1v) is 8.56. The zero-order valence-electron chi connectivity index (χ0n) is 12.5. The molecule has 3 nitrogen and oxygen atoms in total. The van der Waals surface area contributed by atoms with Crippen LogP contribution in [0.1, 0.15) is 38.5 Å². The molecule has 1 aliphatic carbocycles. The second-order valence-corrected chi connectivity index (χ2v) is 6.30. The molecule has 1 saturated heterocycles. The lowest BCUT2D eigenvalue weighted by molar-refractivity contribution is -0.139. The lowest BCUT2D eigenvalue weighted by Gasteiger charge is -2.28. The van der Waals surface area contributed by atoms with E-state index in [1.54, 1.807) is 0 Å². The molecule has 2 aliphatic rings. The quantitative estimate of drug-likeness (QED) is 0.565. The maximum absolute atomic E-state index is 11.9. The highest BCUT2D eigenvalue weighted by atomic mass is 79.9. The molecule has 0 bridgehead atoms. The van der Waals surface area contributed by atoms with E-state index in [0.717, 1.165) is 49.9 Å². The van der Waals surface area contributed by atoms with Crippen LogP contribution in [0.15, 0.2) is 35.5 Å². The SMILES string of the molecule is COC(=O)C(Br)C1=C/C=C\CCC\C=C\1C1CCCCO1. The third-order valence-electron chi connectivity index (χ3n) is 3.89. The van der Waals surface area contributed by atoms with Crippen LogP contribution in [0.4, 0.5) is 0 Å². The molecule has 2 unspecified atom stereocenters. The Hall–Kier alpha value is -0.870. The summed E-state index contributed by atoms with van der Waals surface area (Å²) in [7, 11) is 1.42. The maximum Gasteiger partial charge on any atom is 0.324 e. The van der Waals surface area contributed by atoms with E-state index in [0.29, 0.717) is 0 Å². The molecule has 1 aliphatic heterocycles. The molecule has 116 valence electrons. The van der Waals surface area contributed by atoms with Gasteiger partial charge in [0.25, 0.3) is 0 Å². The third kappa shape index (κ3) is 4.55. The van der Waals surface area contributed by atoms with Crippen LogP contribution in [-0.2, 0) is 14.3 Å². The van der Waals surface area contributed by atoms with E-state index >= 15 is 0 Å². The van der Waals surface area contributed by atoms with Crippen molar-refractivity contribution in [2.75, 3.05) is 13.7 Å². The van der Waals surface area contributed by atoms with Gasteiger partial charge >= 0.3 is 5.97 Å². The van der Waals surface area contributed by atoms with Gasteiger partial charge in [-0.3, -0.25) is 4.79 Å². The first-order valence-electron chi connectivity index (χ1n) is 7.64. The standard InChI is InChI=1S/C17H23BrO3/c1-20-17(19)16(18)14-10-6-4-2-3-5-9-13(14)15-11-7-8-12-21-15/h4,6,9-10,15-16H,2-3,5,7-8,11-12H2,1H3/b6-4-,13-9-,14-10+. The summed E-state index contributed by atoms with van der Waals surface area (Å²) >= 11 is 3.48. The maximum atomic E-state index is 11.9. The predicted octanol–water partition coefficient (Wildman–Crippen LogP) is 4.08. The number of esters is 1. The number of carbonyl (C=O) groups is 1. The summed E-state index contributed by atoms with van der Waals surface area (Å²) in [6.45, 7) is 0.802. The Morgan fingerprint density at radius 2 is 2.24 bits per heavy atom. The predicted molar refractivity (Wildman–Crippen MR) is 87.5 cm³/mol. The van der Waals surface area contributed by atoms with E-state index in [1.165, 1.54) is 13.5 Å². The first-order chi connectivity index (χ1) is 10.2. The molecule has 0 N–H and O–H groups in total. The van der Waals surface area contributed by atoms with Gasteiger partial charge in [0.1, 0.15) is 4.83 Å². The molecule has 0 aromatic carbocycles. The average molecular weight is 355 g/mol. The van der Waals surface area contributed by atoms with Crippen molar-refractivity contribution in [3.05, 3.63) is 35.5 Å². The minimum absolute atomic E-state index is 0.0983. The van der Waals surface area contributed by atoms with Gasteiger partial charge in [0.05, 0.1) is 13.2 Å². The molecule has 1 fully saturated rings. The average Bonchev–Trinajstić information content (AvgIpc) is 2.66. The number of hydrogen-bond donors (Lipinski definition) is 0. The van der Waals surface area contributed by atoms with Gasteiger partial charge in [-0.2, -0.15) is 0 Å². The van der Waals surface area contributed by atoms with Gasteiger partial charge in [-0.1, -0.05) is 40.2 Å². The van der Waals surface area contributed by atoms with Crippen LogP contribution in [0.2, 0.25) is 0 Å². The molecule has 0 saturated carbocycles. The summed E-state index contributed by atoms with van der Waals surface area (Å²) in [4.78, 5) is 11.5. The molecular weight excluding hydrogens is 332 g/mol. The van der Waals surface area contributed by atoms with Crippen LogP contribution in [0.5, 0.6) is 0 Å². The van der Waals surface area contributed by atoms with E-state index in [1.807, 2.05) is 12.2 Å². The molecule has 0 radical (unpaired) electrons. The van der Waals surface area contributed by atoms with Crippen LogP contribution >= 0.6 is 15.9 Å². The molecule has 0 aromatic heterocycles. The van der Waals surface area contributed by atoms with Crippen molar-refractivity contribution in [1.29, 1.82) is 0 Å². The van der Waals surface area contributed by atoms with Crippen molar-refractivity contribution in [2.45, 2.75) is 49.5 Å². The second-order valence-electron chi connectivity index (χ2n) is 5.38. The van der Waals surface area contributed by atoms with Gasteiger partial charge < -0.3 is 9.47 Å². The summed E-state index contributed by atoms with van der Waals surface area (Å²) in [6, 6.07) is 0. The van der Waals surface area contributed by atoms with Crippen LogP contribution < -0.4 is 0 Å². The number of halogens is 1. The van der Waals surface area contributed by atoms with E-state index in [-0.39, 0.29) is 12.1 Å². The molecule has 0 aromatic rings. The molecule has 4 heteroatoms. The smallest absolute Gasteiger partial charge is 0.324 e. The van der Waals surface area contributed by atoms with Crippen LogP contribution in [0.3, 0.4) is 0 Å². The van der Waals surface area contributed by atoms with Gasteiger partial charge in [0.2, 0.25) is 0 Å². The number of ether oxygens (including phenoxy) is 2. The molecule has 2 atom stereocenters. The largest absolute Gasteiger partial charge is 0.468 e. The van der Waals surface area contributed by atoms with E-state index in [2.05, 4.69) is 28.1 Å². The Labute approximate surface area is 135 Å².